The molecular formula is C9H16N4O. The van der Waals surface area contributed by atoms with Crippen molar-refractivity contribution in [2.75, 3.05) is 19.0 Å². The summed E-state index contributed by atoms with van der Waals surface area (Å²) in [5.74, 6) is 1.06. The highest BCUT2D eigenvalue weighted by molar-refractivity contribution is 5.30. The number of anilines is 1. The Bertz CT molecular complexity index is 301. The van der Waals surface area contributed by atoms with E-state index in [-0.39, 0.29) is 5.54 Å². The molecule has 0 bridgehead atoms. The fraction of sp³-hybridized carbons (Fsp3) is 0.556. The van der Waals surface area contributed by atoms with Crippen LogP contribution in [0.3, 0.4) is 0 Å². The molecule has 0 saturated heterocycles. The van der Waals surface area contributed by atoms with Crippen LogP contribution < -0.4 is 15.8 Å². The summed E-state index contributed by atoms with van der Waals surface area (Å²) in [5, 5.41) is 3.12. The van der Waals surface area contributed by atoms with Crippen LogP contribution in [0, 0.1) is 0 Å². The Hall–Kier alpha value is -1.36. The number of rotatable bonds is 4. The van der Waals surface area contributed by atoms with Crippen molar-refractivity contribution >= 4 is 5.95 Å². The van der Waals surface area contributed by atoms with E-state index in [1.165, 1.54) is 0 Å². The molecule has 0 unspecified atom stereocenters. The number of ether oxygens (including phenoxy) is 1. The maximum Gasteiger partial charge on any atom is 0.226 e. The van der Waals surface area contributed by atoms with Gasteiger partial charge in [-0.15, -0.1) is 0 Å². The van der Waals surface area contributed by atoms with Gasteiger partial charge in [0.05, 0.1) is 7.11 Å². The summed E-state index contributed by atoms with van der Waals surface area (Å²) in [4.78, 5) is 8.19. The molecule has 0 aliphatic rings. The molecule has 1 aromatic heterocycles. The molecule has 0 aromatic carbocycles. The minimum atomic E-state index is -0.216. The predicted molar refractivity (Wildman–Crippen MR) is 55.3 cm³/mol. The van der Waals surface area contributed by atoms with E-state index < -0.39 is 0 Å². The van der Waals surface area contributed by atoms with Crippen LogP contribution in [-0.4, -0.2) is 29.2 Å². The minimum Gasteiger partial charge on any atom is -0.481 e. The number of nitrogens with zero attached hydrogens (tertiary/aromatic N) is 2. The highest BCUT2D eigenvalue weighted by Gasteiger charge is 2.16. The highest BCUT2D eigenvalue weighted by Crippen LogP contribution is 2.12. The van der Waals surface area contributed by atoms with E-state index in [0.717, 1.165) is 0 Å². The van der Waals surface area contributed by atoms with Gasteiger partial charge in [-0.2, -0.15) is 4.98 Å². The van der Waals surface area contributed by atoms with Crippen molar-refractivity contribution < 1.29 is 4.74 Å². The SMILES string of the molecule is COc1ccnc(NC(C)(C)CN)n1. The minimum absolute atomic E-state index is 0.216. The highest BCUT2D eigenvalue weighted by atomic mass is 16.5. The molecule has 1 aromatic rings. The Labute approximate surface area is 83.7 Å². The van der Waals surface area contributed by atoms with Crippen LogP contribution in [0.2, 0.25) is 0 Å². The number of hydrogen-bond acceptors (Lipinski definition) is 5. The Morgan fingerprint density at radius 2 is 2.29 bits per heavy atom. The van der Waals surface area contributed by atoms with Gasteiger partial charge in [0, 0.05) is 24.3 Å². The number of methoxy groups -OCH3 is 1. The maximum absolute atomic E-state index is 5.58. The number of hydrogen-bond donors (Lipinski definition) is 2. The van der Waals surface area contributed by atoms with Gasteiger partial charge >= 0.3 is 0 Å². The second-order valence-electron chi connectivity index (χ2n) is 3.64. The van der Waals surface area contributed by atoms with Crippen molar-refractivity contribution in [3.8, 4) is 5.88 Å². The molecule has 78 valence electrons. The van der Waals surface area contributed by atoms with Crippen LogP contribution in [-0.2, 0) is 0 Å². The lowest BCUT2D eigenvalue weighted by molar-refractivity contribution is 0.397. The third-order valence-corrected chi connectivity index (χ3v) is 1.80. The summed E-state index contributed by atoms with van der Waals surface area (Å²) in [6, 6.07) is 1.70. The topological polar surface area (TPSA) is 73.1 Å². The first-order valence-corrected chi connectivity index (χ1v) is 4.43. The van der Waals surface area contributed by atoms with E-state index in [1.54, 1.807) is 19.4 Å². The lowest BCUT2D eigenvalue weighted by Gasteiger charge is -2.23. The van der Waals surface area contributed by atoms with Crippen molar-refractivity contribution in [2.24, 2.45) is 5.73 Å². The van der Waals surface area contributed by atoms with Crippen molar-refractivity contribution in [3.63, 3.8) is 0 Å². The first-order chi connectivity index (χ1) is 6.57. The van der Waals surface area contributed by atoms with Gasteiger partial charge in [0.25, 0.3) is 0 Å². The van der Waals surface area contributed by atoms with Gasteiger partial charge in [0.2, 0.25) is 11.8 Å². The molecule has 0 aliphatic heterocycles. The third kappa shape index (κ3) is 2.85. The van der Waals surface area contributed by atoms with Crippen LogP contribution >= 0.6 is 0 Å². The van der Waals surface area contributed by atoms with Crippen molar-refractivity contribution in [1.29, 1.82) is 0 Å². The van der Waals surface area contributed by atoms with Gasteiger partial charge in [-0.25, -0.2) is 4.98 Å². The zero-order valence-corrected chi connectivity index (χ0v) is 8.74. The van der Waals surface area contributed by atoms with Crippen LogP contribution in [0.15, 0.2) is 12.3 Å². The molecule has 0 radical (unpaired) electrons. The first-order valence-electron chi connectivity index (χ1n) is 4.43. The Morgan fingerprint density at radius 3 is 2.86 bits per heavy atom. The standard InChI is InChI=1S/C9H16N4O/c1-9(2,6-10)13-8-11-5-4-7(12-8)14-3/h4-5H,6,10H2,1-3H3,(H,11,12,13). The smallest absolute Gasteiger partial charge is 0.226 e. The average Bonchev–Trinajstić information content (AvgIpc) is 2.17. The molecule has 1 rings (SSSR count). The van der Waals surface area contributed by atoms with E-state index in [4.69, 9.17) is 10.5 Å². The molecule has 5 nitrogen and oxygen atoms in total. The first kappa shape index (κ1) is 10.7. The van der Waals surface area contributed by atoms with E-state index in [0.29, 0.717) is 18.4 Å². The second kappa shape index (κ2) is 4.23. The van der Waals surface area contributed by atoms with Crippen LogP contribution in [0.5, 0.6) is 5.88 Å². The molecule has 0 spiro atoms. The lowest BCUT2D eigenvalue weighted by Crippen LogP contribution is -2.39. The summed E-state index contributed by atoms with van der Waals surface area (Å²) < 4.78 is 4.98. The number of nitrogens with one attached hydrogen (secondary N) is 1. The third-order valence-electron chi connectivity index (χ3n) is 1.80. The lowest BCUT2D eigenvalue weighted by atomic mass is 10.1. The molecule has 0 saturated carbocycles. The molecule has 14 heavy (non-hydrogen) atoms. The summed E-state index contributed by atoms with van der Waals surface area (Å²) in [6.07, 6.45) is 1.64. The van der Waals surface area contributed by atoms with Crippen LogP contribution in [0.4, 0.5) is 5.95 Å². The molecule has 5 heteroatoms. The summed E-state index contributed by atoms with van der Waals surface area (Å²) >= 11 is 0. The summed E-state index contributed by atoms with van der Waals surface area (Å²) in [6.45, 7) is 4.47. The normalized spacial score (nSPS) is 11.1. The van der Waals surface area contributed by atoms with Gasteiger partial charge in [0.1, 0.15) is 0 Å². The molecular weight excluding hydrogens is 180 g/mol. The van der Waals surface area contributed by atoms with Gasteiger partial charge in [-0.05, 0) is 13.8 Å². The molecule has 1 heterocycles. The Morgan fingerprint density at radius 1 is 1.57 bits per heavy atom. The van der Waals surface area contributed by atoms with Gasteiger partial charge in [-0.1, -0.05) is 0 Å². The van der Waals surface area contributed by atoms with Crippen LogP contribution in [0.1, 0.15) is 13.8 Å². The van der Waals surface area contributed by atoms with Crippen LogP contribution in [0.25, 0.3) is 0 Å². The molecule has 0 atom stereocenters. The predicted octanol–water partition coefficient (Wildman–Crippen LogP) is 0.634. The number of aromatic nitrogens is 2. The number of nitrogens with two attached hydrogens (primary N) is 1. The van der Waals surface area contributed by atoms with Gasteiger partial charge < -0.3 is 15.8 Å². The monoisotopic (exact) mass is 196 g/mol. The molecule has 3 N–H and O–H groups in total. The fourth-order valence-corrected chi connectivity index (χ4v) is 0.870. The van der Waals surface area contributed by atoms with E-state index in [1.807, 2.05) is 13.8 Å². The zero-order chi connectivity index (χ0) is 10.6. The van der Waals surface area contributed by atoms with E-state index in [9.17, 15) is 0 Å². The van der Waals surface area contributed by atoms with Crippen molar-refractivity contribution in [1.82, 2.24) is 9.97 Å². The molecule has 0 amide bonds. The van der Waals surface area contributed by atoms with E-state index in [2.05, 4.69) is 15.3 Å². The molecule has 0 aliphatic carbocycles. The van der Waals surface area contributed by atoms with Gasteiger partial charge in [0.15, 0.2) is 0 Å². The molecule has 0 fully saturated rings. The Kier molecular flexibility index (Phi) is 3.24. The van der Waals surface area contributed by atoms with Gasteiger partial charge in [-0.3, -0.25) is 0 Å². The maximum atomic E-state index is 5.58. The second-order valence-corrected chi connectivity index (χ2v) is 3.64. The zero-order valence-electron chi connectivity index (χ0n) is 8.74. The Balaban J connectivity index is 2.76. The summed E-state index contributed by atoms with van der Waals surface area (Å²) in [7, 11) is 1.57. The fourth-order valence-electron chi connectivity index (χ4n) is 0.870. The van der Waals surface area contributed by atoms with E-state index >= 15 is 0 Å². The van der Waals surface area contributed by atoms with Crippen molar-refractivity contribution in [2.45, 2.75) is 19.4 Å². The largest absolute Gasteiger partial charge is 0.481 e. The quantitative estimate of drug-likeness (QED) is 0.739. The van der Waals surface area contributed by atoms with Crippen molar-refractivity contribution in [3.05, 3.63) is 12.3 Å². The summed E-state index contributed by atoms with van der Waals surface area (Å²) in [5.41, 5.74) is 5.36. The average molecular weight is 196 g/mol.